The van der Waals surface area contributed by atoms with Crippen LogP contribution < -0.4 is 5.32 Å². The van der Waals surface area contributed by atoms with E-state index in [2.05, 4.69) is 10.1 Å². The zero-order chi connectivity index (χ0) is 15.8. The third-order valence-corrected chi connectivity index (χ3v) is 2.50. The van der Waals surface area contributed by atoms with Crippen molar-refractivity contribution in [1.29, 1.82) is 0 Å². The molecule has 6 heteroatoms. The van der Waals surface area contributed by atoms with E-state index in [4.69, 9.17) is 4.74 Å². The molecule has 1 N–H and O–H groups in total. The van der Waals surface area contributed by atoms with Crippen LogP contribution in [0.15, 0.2) is 41.8 Å². The fourth-order valence-corrected chi connectivity index (χ4v) is 1.59. The molecule has 0 spiro atoms. The second-order valence-corrected chi connectivity index (χ2v) is 4.01. The van der Waals surface area contributed by atoms with E-state index in [1.54, 1.807) is 31.2 Å². The van der Waals surface area contributed by atoms with Crippen LogP contribution in [0.25, 0.3) is 0 Å². The van der Waals surface area contributed by atoms with Crippen molar-refractivity contribution in [3.63, 3.8) is 0 Å². The first-order valence-electron chi connectivity index (χ1n) is 6.34. The van der Waals surface area contributed by atoms with Crippen molar-refractivity contribution in [3.8, 4) is 0 Å². The highest BCUT2D eigenvalue weighted by atomic mass is 16.5. The number of para-hydroxylation sites is 1. The molecule has 0 saturated carbocycles. The maximum absolute atomic E-state index is 12.0. The van der Waals surface area contributed by atoms with Crippen LogP contribution >= 0.6 is 0 Å². The fourth-order valence-electron chi connectivity index (χ4n) is 1.59. The van der Waals surface area contributed by atoms with E-state index >= 15 is 0 Å². The Balaban J connectivity index is 3.16. The Hall–Kier alpha value is -2.63. The van der Waals surface area contributed by atoms with Crippen molar-refractivity contribution in [2.45, 2.75) is 13.8 Å². The second kappa shape index (κ2) is 7.84. The van der Waals surface area contributed by atoms with Crippen LogP contribution in [0, 0.1) is 0 Å². The molecule has 0 atom stereocenters. The maximum atomic E-state index is 12.0. The Bertz CT molecular complexity index is 563. The molecule has 0 aliphatic heterocycles. The van der Waals surface area contributed by atoms with Crippen LogP contribution in [0.5, 0.6) is 0 Å². The number of nitrogens with one attached hydrogen (secondary N) is 1. The number of benzene rings is 1. The number of rotatable bonds is 7. The molecular weight excluding hydrogens is 274 g/mol. The largest absolute Gasteiger partial charge is 0.482 e. The number of hydrogen-bond donors (Lipinski definition) is 1. The molecule has 0 unspecified atom stereocenters. The number of hydrogen-bond acceptors (Lipinski definition) is 6. The van der Waals surface area contributed by atoms with Crippen molar-refractivity contribution in [1.82, 2.24) is 0 Å². The lowest BCUT2D eigenvalue weighted by Crippen LogP contribution is -2.26. The standard InChI is InChI=1S/C15H17NO5/c1-4-21-15(19)13(18)12(10(2)17)14(20-3)16-11-8-6-5-7-9-11/h5-9,16H,4H2,1-3H3/b14-12+. The summed E-state index contributed by atoms with van der Waals surface area (Å²) in [5.41, 5.74) is 0.240. The van der Waals surface area contributed by atoms with E-state index < -0.39 is 17.5 Å². The zero-order valence-corrected chi connectivity index (χ0v) is 12.1. The van der Waals surface area contributed by atoms with Gasteiger partial charge in [-0.3, -0.25) is 9.59 Å². The van der Waals surface area contributed by atoms with Crippen LogP contribution in [-0.4, -0.2) is 31.3 Å². The molecule has 0 amide bonds. The fraction of sp³-hybridized carbons (Fsp3) is 0.267. The number of anilines is 1. The van der Waals surface area contributed by atoms with E-state index in [1.807, 2.05) is 6.07 Å². The van der Waals surface area contributed by atoms with Crippen molar-refractivity contribution in [2.24, 2.45) is 0 Å². The average Bonchev–Trinajstić information content (AvgIpc) is 2.47. The van der Waals surface area contributed by atoms with Crippen molar-refractivity contribution in [3.05, 3.63) is 41.8 Å². The molecule has 0 bridgehead atoms. The molecule has 21 heavy (non-hydrogen) atoms. The van der Waals surface area contributed by atoms with Gasteiger partial charge in [-0.15, -0.1) is 0 Å². The highest BCUT2D eigenvalue weighted by Gasteiger charge is 2.28. The summed E-state index contributed by atoms with van der Waals surface area (Å²) >= 11 is 0. The van der Waals surface area contributed by atoms with Gasteiger partial charge in [0.25, 0.3) is 5.78 Å². The summed E-state index contributed by atoms with van der Waals surface area (Å²) < 4.78 is 9.67. The Morgan fingerprint density at radius 1 is 1.14 bits per heavy atom. The topological polar surface area (TPSA) is 81.7 Å². The van der Waals surface area contributed by atoms with Gasteiger partial charge in [0.15, 0.2) is 5.78 Å². The van der Waals surface area contributed by atoms with Crippen molar-refractivity contribution in [2.75, 3.05) is 19.0 Å². The number of ether oxygens (including phenoxy) is 2. The molecule has 0 heterocycles. The van der Waals surface area contributed by atoms with Gasteiger partial charge in [0.05, 0.1) is 13.7 Å². The number of carbonyl (C=O) groups is 3. The smallest absolute Gasteiger partial charge is 0.380 e. The van der Waals surface area contributed by atoms with E-state index in [0.717, 1.165) is 0 Å². The van der Waals surface area contributed by atoms with Gasteiger partial charge in [0.2, 0.25) is 5.88 Å². The lowest BCUT2D eigenvalue weighted by molar-refractivity contribution is -0.152. The third kappa shape index (κ3) is 4.45. The van der Waals surface area contributed by atoms with Crippen LogP contribution in [-0.2, 0) is 23.9 Å². The lowest BCUT2D eigenvalue weighted by atomic mass is 10.1. The first kappa shape index (κ1) is 16.4. The van der Waals surface area contributed by atoms with Crippen LogP contribution in [0.1, 0.15) is 13.8 Å². The minimum Gasteiger partial charge on any atom is -0.482 e. The minimum absolute atomic E-state index is 0.0458. The number of methoxy groups -OCH3 is 1. The Morgan fingerprint density at radius 3 is 2.24 bits per heavy atom. The summed E-state index contributed by atoms with van der Waals surface area (Å²) in [6.07, 6.45) is 0. The van der Waals surface area contributed by atoms with E-state index in [9.17, 15) is 14.4 Å². The Kier molecular flexibility index (Phi) is 6.13. The molecule has 112 valence electrons. The number of carbonyl (C=O) groups excluding carboxylic acids is 3. The third-order valence-electron chi connectivity index (χ3n) is 2.50. The zero-order valence-electron chi connectivity index (χ0n) is 12.1. The van der Waals surface area contributed by atoms with Crippen molar-refractivity contribution >= 4 is 23.2 Å². The van der Waals surface area contributed by atoms with E-state index in [1.165, 1.54) is 14.0 Å². The summed E-state index contributed by atoms with van der Waals surface area (Å²) in [6.45, 7) is 2.80. The second-order valence-electron chi connectivity index (χ2n) is 4.01. The molecule has 1 rings (SSSR count). The first-order valence-corrected chi connectivity index (χ1v) is 6.34. The Labute approximate surface area is 122 Å². The summed E-state index contributed by atoms with van der Waals surface area (Å²) in [6, 6.07) is 8.82. The summed E-state index contributed by atoms with van der Waals surface area (Å²) in [5, 5.41) is 2.80. The number of Topliss-reactive ketones (excluding diaryl/α,β-unsaturated/α-hetero) is 2. The van der Waals surface area contributed by atoms with Gasteiger partial charge in [-0.2, -0.15) is 0 Å². The summed E-state index contributed by atoms with van der Waals surface area (Å²) in [4.78, 5) is 35.2. The normalized spacial score (nSPS) is 11.2. The maximum Gasteiger partial charge on any atom is 0.380 e. The van der Waals surface area contributed by atoms with Crippen LogP contribution in [0.4, 0.5) is 5.69 Å². The van der Waals surface area contributed by atoms with Gasteiger partial charge in [-0.25, -0.2) is 4.79 Å². The van der Waals surface area contributed by atoms with Gasteiger partial charge in [0, 0.05) is 5.69 Å². The molecule has 0 aliphatic rings. The average molecular weight is 291 g/mol. The van der Waals surface area contributed by atoms with Gasteiger partial charge in [-0.05, 0) is 26.0 Å². The molecule has 0 saturated heterocycles. The predicted octanol–water partition coefficient (Wildman–Crippen LogP) is 1.68. The SMILES string of the molecule is CCOC(=O)C(=O)/C(C(C)=O)=C(\Nc1ccccc1)OC. The van der Waals surface area contributed by atoms with E-state index in [0.29, 0.717) is 5.69 Å². The molecule has 1 aromatic rings. The molecule has 0 aliphatic carbocycles. The lowest BCUT2D eigenvalue weighted by Gasteiger charge is -2.13. The number of esters is 1. The van der Waals surface area contributed by atoms with Gasteiger partial charge in [0.1, 0.15) is 5.57 Å². The van der Waals surface area contributed by atoms with E-state index in [-0.39, 0.29) is 18.1 Å². The van der Waals surface area contributed by atoms with Crippen LogP contribution in [0.3, 0.4) is 0 Å². The highest BCUT2D eigenvalue weighted by Crippen LogP contribution is 2.15. The summed E-state index contributed by atoms with van der Waals surface area (Å²) in [7, 11) is 1.30. The van der Waals surface area contributed by atoms with Crippen molar-refractivity contribution < 1.29 is 23.9 Å². The molecular formula is C15H17NO5. The molecule has 0 radical (unpaired) electrons. The summed E-state index contributed by atoms with van der Waals surface area (Å²) in [5.74, 6) is -2.81. The minimum atomic E-state index is -1.09. The predicted molar refractivity (Wildman–Crippen MR) is 76.4 cm³/mol. The molecule has 0 fully saturated rings. The quantitative estimate of drug-likeness (QED) is 0.205. The van der Waals surface area contributed by atoms with Crippen LogP contribution in [0.2, 0.25) is 0 Å². The highest BCUT2D eigenvalue weighted by molar-refractivity contribution is 6.47. The molecule has 0 aromatic heterocycles. The Morgan fingerprint density at radius 2 is 1.76 bits per heavy atom. The van der Waals surface area contributed by atoms with Gasteiger partial charge in [-0.1, -0.05) is 18.2 Å². The first-order chi connectivity index (χ1) is 10.0. The van der Waals surface area contributed by atoms with Gasteiger partial charge >= 0.3 is 5.97 Å². The molecule has 1 aromatic carbocycles. The monoisotopic (exact) mass is 291 g/mol. The number of ketones is 2. The van der Waals surface area contributed by atoms with Gasteiger partial charge < -0.3 is 14.8 Å². The molecule has 6 nitrogen and oxygen atoms in total.